The number of methoxy groups -OCH3 is 1. The molecule has 1 heterocycles. The number of benzene rings is 2. The van der Waals surface area contributed by atoms with Crippen molar-refractivity contribution in [3.8, 4) is 5.75 Å². The molecule has 2 aromatic carbocycles. The third-order valence-electron chi connectivity index (χ3n) is 4.01. The zero-order chi connectivity index (χ0) is 15.5. The van der Waals surface area contributed by atoms with Gasteiger partial charge in [0, 0.05) is 12.0 Å². The van der Waals surface area contributed by atoms with E-state index in [1.54, 1.807) is 13.2 Å². The topological polar surface area (TPSA) is 35.5 Å². The Morgan fingerprint density at radius 2 is 1.68 bits per heavy atom. The van der Waals surface area contributed by atoms with E-state index in [4.69, 9.17) is 9.47 Å². The second-order valence-electron chi connectivity index (χ2n) is 5.39. The first-order valence-corrected chi connectivity index (χ1v) is 7.30. The molecule has 1 aliphatic heterocycles. The minimum Gasteiger partial charge on any atom is -0.497 e. The predicted molar refractivity (Wildman–Crippen MR) is 85.4 cm³/mol. The van der Waals surface area contributed by atoms with Crippen molar-refractivity contribution < 1.29 is 14.3 Å². The molecule has 0 spiro atoms. The standard InChI is InChI=1S/C19H18O3/c1-13-17(14-8-10-16(21-2)11-9-14)12-18(20)22-19(13)15-6-4-3-5-7-15/h3-13,19H,1-2H3/t13-,19+/m0/s1. The number of hydrogen-bond donors (Lipinski definition) is 0. The Morgan fingerprint density at radius 3 is 2.32 bits per heavy atom. The van der Waals surface area contributed by atoms with Gasteiger partial charge < -0.3 is 9.47 Å². The number of ether oxygens (including phenoxy) is 2. The molecule has 1 aliphatic rings. The minimum atomic E-state index is -0.294. The lowest BCUT2D eigenvalue weighted by Gasteiger charge is -2.30. The Labute approximate surface area is 130 Å². The highest BCUT2D eigenvalue weighted by atomic mass is 16.5. The van der Waals surface area contributed by atoms with Crippen molar-refractivity contribution in [1.29, 1.82) is 0 Å². The lowest BCUT2D eigenvalue weighted by atomic mass is 9.84. The van der Waals surface area contributed by atoms with Gasteiger partial charge in [0.25, 0.3) is 0 Å². The lowest BCUT2D eigenvalue weighted by molar-refractivity contribution is -0.146. The molecule has 0 saturated heterocycles. The van der Waals surface area contributed by atoms with E-state index in [0.29, 0.717) is 0 Å². The fourth-order valence-corrected chi connectivity index (χ4v) is 2.81. The Morgan fingerprint density at radius 1 is 1.00 bits per heavy atom. The van der Waals surface area contributed by atoms with Crippen LogP contribution in [-0.2, 0) is 9.53 Å². The van der Waals surface area contributed by atoms with E-state index in [9.17, 15) is 4.79 Å². The number of esters is 1. The van der Waals surface area contributed by atoms with Gasteiger partial charge in [0.2, 0.25) is 0 Å². The number of rotatable bonds is 3. The number of hydrogen-bond acceptors (Lipinski definition) is 3. The smallest absolute Gasteiger partial charge is 0.331 e. The molecule has 0 saturated carbocycles. The van der Waals surface area contributed by atoms with Crippen molar-refractivity contribution in [1.82, 2.24) is 0 Å². The van der Waals surface area contributed by atoms with Gasteiger partial charge in [-0.3, -0.25) is 0 Å². The largest absolute Gasteiger partial charge is 0.497 e. The Bertz CT molecular complexity index is 686. The summed E-state index contributed by atoms with van der Waals surface area (Å²) in [5.74, 6) is 0.598. The number of carbonyl (C=O) groups is 1. The summed E-state index contributed by atoms with van der Waals surface area (Å²) in [6.07, 6.45) is 1.34. The van der Waals surface area contributed by atoms with Crippen molar-refractivity contribution in [3.63, 3.8) is 0 Å². The summed E-state index contributed by atoms with van der Waals surface area (Å²) in [4.78, 5) is 12.0. The van der Waals surface area contributed by atoms with Crippen LogP contribution in [0.4, 0.5) is 0 Å². The maximum atomic E-state index is 12.0. The SMILES string of the molecule is COc1ccc(C2=CC(=O)O[C@@H](c3ccccc3)[C@H]2C)cc1. The van der Waals surface area contributed by atoms with Crippen LogP contribution >= 0.6 is 0 Å². The first kappa shape index (κ1) is 14.4. The van der Waals surface area contributed by atoms with Crippen LogP contribution in [0.25, 0.3) is 5.57 Å². The summed E-state index contributed by atoms with van der Waals surface area (Å²) in [7, 11) is 1.64. The predicted octanol–water partition coefficient (Wildman–Crippen LogP) is 4.01. The van der Waals surface area contributed by atoms with Crippen LogP contribution in [0.5, 0.6) is 5.75 Å². The maximum absolute atomic E-state index is 12.0. The van der Waals surface area contributed by atoms with E-state index in [1.165, 1.54) is 0 Å². The van der Waals surface area contributed by atoms with Gasteiger partial charge in [-0.05, 0) is 28.8 Å². The van der Waals surface area contributed by atoms with E-state index in [-0.39, 0.29) is 18.0 Å². The van der Waals surface area contributed by atoms with E-state index in [0.717, 1.165) is 22.4 Å². The molecule has 2 aromatic rings. The van der Waals surface area contributed by atoms with Gasteiger partial charge in [-0.25, -0.2) is 4.79 Å². The van der Waals surface area contributed by atoms with Gasteiger partial charge >= 0.3 is 5.97 Å². The van der Waals surface area contributed by atoms with Crippen molar-refractivity contribution in [2.75, 3.05) is 7.11 Å². The molecule has 0 radical (unpaired) electrons. The van der Waals surface area contributed by atoms with Crippen LogP contribution in [0.3, 0.4) is 0 Å². The molecule has 0 aliphatic carbocycles. The van der Waals surface area contributed by atoms with E-state index < -0.39 is 0 Å². The average Bonchev–Trinajstić information content (AvgIpc) is 2.57. The summed E-state index contributed by atoms with van der Waals surface area (Å²) in [6.45, 7) is 2.08. The molecule has 0 amide bonds. The van der Waals surface area contributed by atoms with Crippen LogP contribution in [0.1, 0.15) is 24.2 Å². The Kier molecular flexibility index (Phi) is 3.96. The summed E-state index contributed by atoms with van der Waals surface area (Å²) in [5, 5.41) is 0. The van der Waals surface area contributed by atoms with Gasteiger partial charge in [0.15, 0.2) is 0 Å². The Hall–Kier alpha value is -2.55. The highest BCUT2D eigenvalue weighted by Crippen LogP contribution is 2.39. The third-order valence-corrected chi connectivity index (χ3v) is 4.01. The summed E-state index contributed by atoms with van der Waals surface area (Å²) >= 11 is 0. The van der Waals surface area contributed by atoms with Crippen LogP contribution in [-0.4, -0.2) is 13.1 Å². The van der Waals surface area contributed by atoms with Gasteiger partial charge in [-0.2, -0.15) is 0 Å². The molecular formula is C19H18O3. The molecule has 0 N–H and O–H groups in total. The zero-order valence-corrected chi connectivity index (χ0v) is 12.7. The quantitative estimate of drug-likeness (QED) is 0.802. The van der Waals surface area contributed by atoms with Gasteiger partial charge in [0.05, 0.1) is 7.11 Å². The van der Waals surface area contributed by atoms with Gasteiger partial charge in [-0.1, -0.05) is 49.4 Å². The summed E-state index contributed by atoms with van der Waals surface area (Å²) < 4.78 is 10.7. The summed E-state index contributed by atoms with van der Waals surface area (Å²) in [5.41, 5.74) is 3.03. The molecule has 0 unspecified atom stereocenters. The van der Waals surface area contributed by atoms with Gasteiger partial charge in [0.1, 0.15) is 11.9 Å². The second kappa shape index (κ2) is 6.06. The second-order valence-corrected chi connectivity index (χ2v) is 5.39. The minimum absolute atomic E-state index is 0.0912. The van der Waals surface area contributed by atoms with Crippen molar-refractivity contribution >= 4 is 11.5 Å². The molecule has 0 bridgehead atoms. The van der Waals surface area contributed by atoms with Crippen molar-refractivity contribution in [2.45, 2.75) is 13.0 Å². The van der Waals surface area contributed by atoms with Gasteiger partial charge in [-0.15, -0.1) is 0 Å². The molecule has 2 atom stereocenters. The van der Waals surface area contributed by atoms with Crippen LogP contribution < -0.4 is 4.74 Å². The third kappa shape index (κ3) is 2.75. The molecule has 3 nitrogen and oxygen atoms in total. The van der Waals surface area contributed by atoms with Crippen LogP contribution in [0.15, 0.2) is 60.7 Å². The number of carbonyl (C=O) groups excluding carboxylic acids is 1. The van der Waals surface area contributed by atoms with E-state index in [2.05, 4.69) is 6.92 Å². The van der Waals surface area contributed by atoms with Crippen molar-refractivity contribution in [2.24, 2.45) is 5.92 Å². The Balaban J connectivity index is 1.95. The lowest BCUT2D eigenvalue weighted by Crippen LogP contribution is -2.23. The van der Waals surface area contributed by atoms with E-state index >= 15 is 0 Å². The molecule has 0 aromatic heterocycles. The van der Waals surface area contributed by atoms with Crippen LogP contribution in [0.2, 0.25) is 0 Å². The molecule has 0 fully saturated rings. The fourth-order valence-electron chi connectivity index (χ4n) is 2.81. The molecule has 3 rings (SSSR count). The van der Waals surface area contributed by atoms with Crippen molar-refractivity contribution in [3.05, 3.63) is 71.8 Å². The highest BCUT2D eigenvalue weighted by molar-refractivity contribution is 5.94. The summed E-state index contributed by atoms with van der Waals surface area (Å²) in [6, 6.07) is 17.6. The molecule has 112 valence electrons. The zero-order valence-electron chi connectivity index (χ0n) is 12.7. The fraction of sp³-hybridized carbons (Fsp3) is 0.211. The first-order chi connectivity index (χ1) is 10.7. The molecular weight excluding hydrogens is 276 g/mol. The monoisotopic (exact) mass is 294 g/mol. The maximum Gasteiger partial charge on any atom is 0.331 e. The first-order valence-electron chi connectivity index (χ1n) is 7.30. The average molecular weight is 294 g/mol. The number of cyclic esters (lactones) is 1. The highest BCUT2D eigenvalue weighted by Gasteiger charge is 2.31. The molecule has 22 heavy (non-hydrogen) atoms. The normalized spacial score (nSPS) is 21.0. The van der Waals surface area contributed by atoms with E-state index in [1.807, 2.05) is 54.6 Å². The van der Waals surface area contributed by atoms with Crippen LogP contribution in [0, 0.1) is 5.92 Å². The molecule has 3 heteroatoms.